The molecule has 0 aromatic carbocycles. The third-order valence-corrected chi connectivity index (χ3v) is 0.562. The van der Waals surface area contributed by atoms with Crippen LogP contribution in [-0.4, -0.2) is 5.91 Å². The van der Waals surface area contributed by atoms with Crippen molar-refractivity contribution in [2.24, 2.45) is 0 Å². The number of hydrogen-bond acceptors (Lipinski definition) is 1. The van der Waals surface area contributed by atoms with Crippen LogP contribution in [0.4, 0.5) is 0 Å². The van der Waals surface area contributed by atoms with Crippen molar-refractivity contribution in [1.29, 1.82) is 0 Å². The van der Waals surface area contributed by atoms with Crippen molar-refractivity contribution in [1.82, 2.24) is 5.32 Å². The Morgan fingerprint density at radius 1 is 1.62 bits per heavy atom. The van der Waals surface area contributed by atoms with Gasteiger partial charge in [0.25, 0.3) is 0 Å². The summed E-state index contributed by atoms with van der Waals surface area (Å²) < 4.78 is 0. The van der Waals surface area contributed by atoms with Crippen molar-refractivity contribution >= 4 is 5.91 Å². The Bertz CT molecular complexity index is 112. The van der Waals surface area contributed by atoms with E-state index in [0.29, 0.717) is 0 Å². The lowest BCUT2D eigenvalue weighted by molar-refractivity contribution is -0.115. The van der Waals surface area contributed by atoms with Crippen LogP contribution in [0.1, 0.15) is 13.8 Å². The minimum Gasteiger partial charge on any atom is -0.346 e. The highest BCUT2D eigenvalue weighted by atomic mass is 16.1. The zero-order chi connectivity index (χ0) is 6.57. The molecule has 1 amide bonds. The SMILES string of the molecule is [CH]NC(=O)C=C(C)C. The van der Waals surface area contributed by atoms with Gasteiger partial charge in [-0.1, -0.05) is 5.57 Å². The molecule has 8 heavy (non-hydrogen) atoms. The summed E-state index contributed by atoms with van der Waals surface area (Å²) in [5, 5.41) is 1.98. The molecule has 2 nitrogen and oxygen atoms in total. The van der Waals surface area contributed by atoms with Crippen molar-refractivity contribution in [2.45, 2.75) is 13.8 Å². The highest BCUT2D eigenvalue weighted by Crippen LogP contribution is 1.85. The monoisotopic (exact) mass is 111 g/mol. The summed E-state index contributed by atoms with van der Waals surface area (Å²) in [4.78, 5) is 10.3. The smallest absolute Gasteiger partial charge is 0.244 e. The van der Waals surface area contributed by atoms with Crippen molar-refractivity contribution in [3.05, 3.63) is 18.7 Å². The average Bonchev–Trinajstić information content (AvgIpc) is 1.65. The fourth-order valence-electron chi connectivity index (χ4n) is 0.304. The number of hydrogen-bond donors (Lipinski definition) is 1. The van der Waals surface area contributed by atoms with E-state index in [2.05, 4.69) is 0 Å². The van der Waals surface area contributed by atoms with Crippen LogP contribution in [0.25, 0.3) is 0 Å². The summed E-state index contributed by atoms with van der Waals surface area (Å²) in [6.07, 6.45) is 1.43. The van der Waals surface area contributed by atoms with Crippen LogP contribution >= 0.6 is 0 Å². The quantitative estimate of drug-likeness (QED) is 0.392. The topological polar surface area (TPSA) is 29.1 Å². The molecule has 0 atom stereocenters. The second kappa shape index (κ2) is 3.24. The third kappa shape index (κ3) is 3.40. The van der Waals surface area contributed by atoms with Crippen LogP contribution < -0.4 is 5.32 Å². The minimum absolute atomic E-state index is 0.259. The van der Waals surface area contributed by atoms with Crippen LogP contribution in [0.3, 0.4) is 0 Å². The molecule has 0 aliphatic heterocycles. The van der Waals surface area contributed by atoms with Gasteiger partial charge in [0.15, 0.2) is 0 Å². The second-order valence-electron chi connectivity index (χ2n) is 1.73. The highest BCUT2D eigenvalue weighted by Gasteiger charge is 1.86. The van der Waals surface area contributed by atoms with Crippen LogP contribution in [-0.2, 0) is 4.79 Å². The van der Waals surface area contributed by atoms with Gasteiger partial charge in [-0.25, -0.2) is 0 Å². The summed E-state index contributed by atoms with van der Waals surface area (Å²) in [5.41, 5.74) is 0.938. The lowest BCUT2D eigenvalue weighted by Crippen LogP contribution is -2.11. The number of nitrogens with one attached hydrogen (secondary N) is 1. The Labute approximate surface area is 49.6 Å². The van der Waals surface area contributed by atoms with Gasteiger partial charge in [-0.05, 0) is 13.8 Å². The lowest BCUT2D eigenvalue weighted by atomic mass is 10.3. The normalized spacial score (nSPS) is 7.88. The van der Waals surface area contributed by atoms with Gasteiger partial charge in [0.05, 0.1) is 7.05 Å². The van der Waals surface area contributed by atoms with Crippen molar-refractivity contribution < 1.29 is 4.79 Å². The molecule has 0 aliphatic carbocycles. The van der Waals surface area contributed by atoms with Gasteiger partial charge in [0, 0.05) is 6.08 Å². The highest BCUT2D eigenvalue weighted by molar-refractivity contribution is 5.88. The van der Waals surface area contributed by atoms with Crippen molar-refractivity contribution in [3.63, 3.8) is 0 Å². The molecule has 0 saturated heterocycles. The van der Waals surface area contributed by atoms with E-state index >= 15 is 0 Å². The second-order valence-corrected chi connectivity index (χ2v) is 1.73. The molecule has 0 aromatic rings. The standard InChI is InChI=1S/C6H9NO/c1-5(2)4-6(8)7-3/h3-4H,1-2H3,(H,7,8). The fourth-order valence-corrected chi connectivity index (χ4v) is 0.304. The van der Waals surface area contributed by atoms with E-state index in [4.69, 9.17) is 7.05 Å². The van der Waals surface area contributed by atoms with Crippen molar-refractivity contribution in [3.8, 4) is 0 Å². The number of carbonyl (C=O) groups excluding carboxylic acids is 1. The molecule has 0 rings (SSSR count). The van der Waals surface area contributed by atoms with Crippen molar-refractivity contribution in [2.75, 3.05) is 0 Å². The molecule has 1 N–H and O–H groups in total. The Morgan fingerprint density at radius 2 is 2.12 bits per heavy atom. The van der Waals surface area contributed by atoms with E-state index in [0.717, 1.165) is 5.57 Å². The molecular weight excluding hydrogens is 102 g/mol. The number of carbonyl (C=O) groups is 1. The van der Waals surface area contributed by atoms with Gasteiger partial charge in [-0.3, -0.25) is 4.79 Å². The molecule has 0 fully saturated rings. The Hall–Kier alpha value is -0.790. The maximum atomic E-state index is 10.3. The fraction of sp³-hybridized carbons (Fsp3) is 0.333. The number of rotatable bonds is 1. The summed E-state index contributed by atoms with van der Waals surface area (Å²) in [7, 11) is 4.78. The largest absolute Gasteiger partial charge is 0.346 e. The van der Waals surface area contributed by atoms with Crippen LogP contribution in [0.5, 0.6) is 0 Å². The minimum atomic E-state index is -0.259. The summed E-state index contributed by atoms with van der Waals surface area (Å²) in [6.45, 7) is 3.66. The van der Waals surface area contributed by atoms with E-state index in [-0.39, 0.29) is 5.91 Å². The summed E-state index contributed by atoms with van der Waals surface area (Å²) in [6, 6.07) is 0. The summed E-state index contributed by atoms with van der Waals surface area (Å²) >= 11 is 0. The predicted molar refractivity (Wildman–Crippen MR) is 31.9 cm³/mol. The molecule has 0 aromatic heterocycles. The van der Waals surface area contributed by atoms with Gasteiger partial charge in [0.2, 0.25) is 5.91 Å². The Kier molecular flexibility index (Phi) is 2.92. The zero-order valence-corrected chi connectivity index (χ0v) is 5.06. The van der Waals surface area contributed by atoms with Gasteiger partial charge in [-0.15, -0.1) is 0 Å². The molecule has 0 unspecified atom stereocenters. The Morgan fingerprint density at radius 3 is 2.25 bits per heavy atom. The van der Waals surface area contributed by atoms with Crippen LogP contribution in [0, 0.1) is 7.05 Å². The van der Waals surface area contributed by atoms with Gasteiger partial charge >= 0.3 is 0 Å². The lowest BCUT2D eigenvalue weighted by Gasteiger charge is -1.88. The van der Waals surface area contributed by atoms with Gasteiger partial charge < -0.3 is 5.32 Å². The molecule has 0 aliphatic rings. The van der Waals surface area contributed by atoms with E-state index in [1.54, 1.807) is 0 Å². The molecule has 0 bridgehead atoms. The van der Waals surface area contributed by atoms with Gasteiger partial charge in [-0.2, -0.15) is 0 Å². The first kappa shape index (κ1) is 7.21. The first-order valence-electron chi connectivity index (χ1n) is 2.32. The molecule has 0 heterocycles. The Balaban J connectivity index is 3.70. The molecule has 0 spiro atoms. The molecule has 2 radical (unpaired) electrons. The molecule has 0 saturated carbocycles. The maximum Gasteiger partial charge on any atom is 0.244 e. The maximum absolute atomic E-state index is 10.3. The molecule has 2 heteroatoms. The van der Waals surface area contributed by atoms with E-state index < -0.39 is 0 Å². The van der Waals surface area contributed by atoms with E-state index in [9.17, 15) is 4.79 Å². The summed E-state index contributed by atoms with van der Waals surface area (Å²) in [5.74, 6) is -0.259. The first-order chi connectivity index (χ1) is 3.66. The van der Waals surface area contributed by atoms with E-state index in [1.165, 1.54) is 6.08 Å². The molecule has 44 valence electrons. The van der Waals surface area contributed by atoms with Gasteiger partial charge in [0.1, 0.15) is 0 Å². The predicted octanol–water partition coefficient (Wildman–Crippen LogP) is 0.737. The average molecular weight is 111 g/mol. The third-order valence-electron chi connectivity index (χ3n) is 0.562. The van der Waals surface area contributed by atoms with E-state index in [1.807, 2.05) is 19.2 Å². The first-order valence-corrected chi connectivity index (χ1v) is 2.32. The zero-order valence-electron chi connectivity index (χ0n) is 5.06. The van der Waals surface area contributed by atoms with Crippen LogP contribution in [0.15, 0.2) is 11.6 Å². The molecular formula is C6H9NO. The number of allylic oxidation sites excluding steroid dienone is 1. The van der Waals surface area contributed by atoms with Crippen LogP contribution in [0.2, 0.25) is 0 Å². The number of amides is 1.